The van der Waals surface area contributed by atoms with E-state index >= 15 is 0 Å². The third-order valence-corrected chi connectivity index (χ3v) is 4.64. The Morgan fingerprint density at radius 1 is 1.19 bits per heavy atom. The van der Waals surface area contributed by atoms with Crippen LogP contribution < -0.4 is 15.8 Å². The molecule has 0 aliphatic carbocycles. The van der Waals surface area contributed by atoms with Gasteiger partial charge >= 0.3 is 0 Å². The average Bonchev–Trinajstić information content (AvgIpc) is 3.23. The number of hydrazine groups is 1. The Hall–Kier alpha value is -2.87. The Morgan fingerprint density at radius 2 is 1.93 bits per heavy atom. The standard InChI is InChI=1S/C19H19BrN4O3/c1-23-12-14(20)11-16(23)19(27)22-21-17(25)9-6-13-4-7-15(8-5-13)24-10-2-3-18(24)26/h4-9,11-12H,2-3,10H2,1H3,(H,21,25)(H,22,27)/b9-6+. The second-order valence-electron chi connectivity index (χ2n) is 6.17. The lowest BCUT2D eigenvalue weighted by molar-refractivity contribution is -0.117. The number of amides is 3. The zero-order valence-electron chi connectivity index (χ0n) is 14.7. The number of benzene rings is 1. The van der Waals surface area contributed by atoms with Crippen LogP contribution in [0.5, 0.6) is 0 Å². The van der Waals surface area contributed by atoms with Gasteiger partial charge in [-0.25, -0.2) is 0 Å². The molecule has 140 valence electrons. The molecule has 0 atom stereocenters. The summed E-state index contributed by atoms with van der Waals surface area (Å²) in [4.78, 5) is 37.4. The third-order valence-electron chi connectivity index (χ3n) is 4.21. The lowest BCUT2D eigenvalue weighted by Crippen LogP contribution is -2.41. The zero-order chi connectivity index (χ0) is 19.4. The van der Waals surface area contributed by atoms with Crippen LogP contribution in [0.4, 0.5) is 5.69 Å². The Kier molecular flexibility index (Phi) is 5.75. The highest BCUT2D eigenvalue weighted by Crippen LogP contribution is 2.21. The minimum atomic E-state index is -0.449. The van der Waals surface area contributed by atoms with Gasteiger partial charge in [0.05, 0.1) is 0 Å². The molecule has 2 N–H and O–H groups in total. The molecule has 8 heteroatoms. The van der Waals surface area contributed by atoms with Gasteiger partial charge in [0, 0.05) is 42.4 Å². The van der Waals surface area contributed by atoms with Crippen LogP contribution in [-0.4, -0.2) is 28.8 Å². The number of nitrogens with zero attached hydrogens (tertiary/aromatic N) is 2. The Balaban J connectivity index is 1.53. The van der Waals surface area contributed by atoms with E-state index < -0.39 is 11.8 Å². The number of carbonyl (C=O) groups excluding carboxylic acids is 3. The summed E-state index contributed by atoms with van der Waals surface area (Å²) in [6.07, 6.45) is 6.18. The normalized spacial score (nSPS) is 14.0. The van der Waals surface area contributed by atoms with Crippen molar-refractivity contribution in [3.63, 3.8) is 0 Å². The van der Waals surface area contributed by atoms with E-state index in [0.29, 0.717) is 12.1 Å². The van der Waals surface area contributed by atoms with Crippen LogP contribution in [-0.2, 0) is 16.6 Å². The average molecular weight is 431 g/mol. The SMILES string of the molecule is Cn1cc(Br)cc1C(=O)NNC(=O)/C=C/c1ccc(N2CCCC2=O)cc1. The predicted molar refractivity (Wildman–Crippen MR) is 106 cm³/mol. The monoisotopic (exact) mass is 430 g/mol. The smallest absolute Gasteiger partial charge is 0.286 e. The highest BCUT2D eigenvalue weighted by atomic mass is 79.9. The first kappa shape index (κ1) is 18.9. The zero-order valence-corrected chi connectivity index (χ0v) is 16.3. The van der Waals surface area contributed by atoms with Gasteiger partial charge < -0.3 is 9.47 Å². The summed E-state index contributed by atoms with van der Waals surface area (Å²) in [6, 6.07) is 9.05. The van der Waals surface area contributed by atoms with Crippen LogP contribution in [0.1, 0.15) is 28.9 Å². The van der Waals surface area contributed by atoms with Crippen LogP contribution in [0, 0.1) is 0 Å². The van der Waals surface area contributed by atoms with Crippen LogP contribution in [0.25, 0.3) is 6.08 Å². The van der Waals surface area contributed by atoms with Crippen LogP contribution in [0.3, 0.4) is 0 Å². The van der Waals surface area contributed by atoms with Crippen molar-refractivity contribution in [1.82, 2.24) is 15.4 Å². The molecule has 3 rings (SSSR count). The van der Waals surface area contributed by atoms with E-state index in [1.807, 2.05) is 24.3 Å². The minimum Gasteiger partial charge on any atom is -0.345 e. The van der Waals surface area contributed by atoms with Gasteiger partial charge in [-0.05, 0) is 52.2 Å². The molecule has 0 saturated carbocycles. The number of carbonyl (C=O) groups is 3. The molecule has 7 nitrogen and oxygen atoms in total. The van der Waals surface area contributed by atoms with Gasteiger partial charge in [-0.2, -0.15) is 0 Å². The molecule has 1 aliphatic heterocycles. The van der Waals surface area contributed by atoms with Crippen molar-refractivity contribution in [2.75, 3.05) is 11.4 Å². The molecule has 1 aliphatic rings. The summed E-state index contributed by atoms with van der Waals surface area (Å²) in [5.41, 5.74) is 6.80. The molecule has 3 amide bonds. The first-order chi connectivity index (χ1) is 12.9. The molecule has 1 aromatic carbocycles. The maximum absolute atomic E-state index is 12.0. The summed E-state index contributed by atoms with van der Waals surface area (Å²) in [7, 11) is 1.74. The topological polar surface area (TPSA) is 83.4 Å². The van der Waals surface area contributed by atoms with Crippen molar-refractivity contribution < 1.29 is 14.4 Å². The second-order valence-corrected chi connectivity index (χ2v) is 7.09. The minimum absolute atomic E-state index is 0.138. The fourth-order valence-electron chi connectivity index (χ4n) is 2.83. The molecule has 0 unspecified atom stereocenters. The lowest BCUT2D eigenvalue weighted by atomic mass is 10.2. The second kappa shape index (κ2) is 8.22. The third kappa shape index (κ3) is 4.65. The Morgan fingerprint density at radius 3 is 2.52 bits per heavy atom. The van der Waals surface area contributed by atoms with Gasteiger partial charge in [-0.3, -0.25) is 25.2 Å². The first-order valence-electron chi connectivity index (χ1n) is 8.45. The van der Waals surface area contributed by atoms with Gasteiger partial charge in [-0.1, -0.05) is 12.1 Å². The van der Waals surface area contributed by atoms with E-state index in [1.54, 1.807) is 34.9 Å². The number of aryl methyl sites for hydroxylation is 1. The summed E-state index contributed by atoms with van der Waals surface area (Å²) in [6.45, 7) is 0.744. The number of hydrogen-bond acceptors (Lipinski definition) is 3. The highest BCUT2D eigenvalue weighted by Gasteiger charge is 2.21. The molecule has 27 heavy (non-hydrogen) atoms. The van der Waals surface area contributed by atoms with E-state index in [2.05, 4.69) is 26.8 Å². The highest BCUT2D eigenvalue weighted by molar-refractivity contribution is 9.10. The number of aromatic nitrogens is 1. The summed E-state index contributed by atoms with van der Waals surface area (Å²) in [5.74, 6) is -0.723. The van der Waals surface area contributed by atoms with Gasteiger partial charge in [0.1, 0.15) is 5.69 Å². The maximum atomic E-state index is 12.0. The molecule has 2 aromatic rings. The largest absolute Gasteiger partial charge is 0.345 e. The van der Waals surface area contributed by atoms with Crippen LogP contribution in [0.15, 0.2) is 47.1 Å². The Bertz CT molecular complexity index is 902. The summed E-state index contributed by atoms with van der Waals surface area (Å²) < 4.78 is 2.43. The molecule has 0 spiro atoms. The van der Waals surface area contributed by atoms with Crippen molar-refractivity contribution >= 4 is 45.4 Å². The number of halogens is 1. The van der Waals surface area contributed by atoms with Crippen LogP contribution in [0.2, 0.25) is 0 Å². The molecular weight excluding hydrogens is 412 g/mol. The fraction of sp³-hybridized carbons (Fsp3) is 0.211. The molecule has 1 fully saturated rings. The summed E-state index contributed by atoms with van der Waals surface area (Å²) in [5, 5.41) is 0. The van der Waals surface area contributed by atoms with Crippen LogP contribution >= 0.6 is 15.9 Å². The maximum Gasteiger partial charge on any atom is 0.286 e. The van der Waals surface area contributed by atoms with Crippen molar-refractivity contribution in [2.24, 2.45) is 7.05 Å². The van der Waals surface area contributed by atoms with Gasteiger partial charge in [-0.15, -0.1) is 0 Å². The van der Waals surface area contributed by atoms with Gasteiger partial charge in [0.15, 0.2) is 0 Å². The van der Waals surface area contributed by atoms with E-state index in [9.17, 15) is 14.4 Å². The molecule has 1 saturated heterocycles. The van der Waals surface area contributed by atoms with Gasteiger partial charge in [0.2, 0.25) is 5.91 Å². The number of rotatable bonds is 4. The van der Waals surface area contributed by atoms with E-state index in [0.717, 1.165) is 28.7 Å². The van der Waals surface area contributed by atoms with Crippen molar-refractivity contribution in [2.45, 2.75) is 12.8 Å². The van der Waals surface area contributed by atoms with Crippen molar-refractivity contribution in [3.8, 4) is 0 Å². The lowest BCUT2D eigenvalue weighted by Gasteiger charge is -2.15. The molecular formula is C19H19BrN4O3. The van der Waals surface area contributed by atoms with E-state index in [4.69, 9.17) is 0 Å². The number of nitrogens with one attached hydrogen (secondary N) is 2. The predicted octanol–water partition coefficient (Wildman–Crippen LogP) is 2.39. The summed E-state index contributed by atoms with van der Waals surface area (Å²) >= 11 is 3.29. The first-order valence-corrected chi connectivity index (χ1v) is 9.24. The molecule has 0 radical (unpaired) electrons. The van der Waals surface area contributed by atoms with Gasteiger partial charge in [0.25, 0.3) is 11.8 Å². The van der Waals surface area contributed by atoms with E-state index in [1.165, 1.54) is 6.08 Å². The quantitative estimate of drug-likeness (QED) is 0.576. The molecule has 0 bridgehead atoms. The molecule has 1 aromatic heterocycles. The van der Waals surface area contributed by atoms with E-state index in [-0.39, 0.29) is 5.91 Å². The number of anilines is 1. The Labute approximate surface area is 165 Å². The van der Waals surface area contributed by atoms with Crippen molar-refractivity contribution in [3.05, 3.63) is 58.3 Å². The fourth-order valence-corrected chi connectivity index (χ4v) is 3.36. The number of hydrogen-bond donors (Lipinski definition) is 2. The molecule has 2 heterocycles. The van der Waals surface area contributed by atoms with Crippen molar-refractivity contribution in [1.29, 1.82) is 0 Å².